The summed E-state index contributed by atoms with van der Waals surface area (Å²) in [4.78, 5) is 21.2. The minimum absolute atomic E-state index is 0.137. The largest absolute Gasteiger partial charge is 0.350 e. The van der Waals surface area contributed by atoms with Crippen molar-refractivity contribution in [1.29, 1.82) is 0 Å². The fraction of sp³-hybridized carbons (Fsp3) is 0.609. The summed E-state index contributed by atoms with van der Waals surface area (Å²) in [6, 6.07) is 8.55. The van der Waals surface area contributed by atoms with Crippen LogP contribution in [0.1, 0.15) is 49.1 Å². The molecule has 7 heteroatoms. The molecule has 1 amide bonds. The van der Waals surface area contributed by atoms with Crippen LogP contribution in [0.3, 0.4) is 0 Å². The van der Waals surface area contributed by atoms with Crippen LogP contribution < -0.4 is 15.1 Å². The SMILES string of the molecule is Cc1ccc(Cc2nsc(N3CCC(C(=O)NCC[NH+]4CCCCC4)CC3)n2)cc1. The van der Waals surface area contributed by atoms with Crippen molar-refractivity contribution >= 4 is 22.6 Å². The maximum atomic E-state index is 12.5. The highest BCUT2D eigenvalue weighted by molar-refractivity contribution is 7.09. The molecule has 30 heavy (non-hydrogen) atoms. The number of amides is 1. The Bertz CT molecular complexity index is 807. The fourth-order valence-corrected chi connectivity index (χ4v) is 5.21. The molecular formula is C23H34N5OS+. The van der Waals surface area contributed by atoms with Crippen LogP contribution >= 0.6 is 11.5 Å². The Kier molecular flexibility index (Phi) is 7.33. The third kappa shape index (κ3) is 5.79. The number of nitrogens with one attached hydrogen (secondary N) is 2. The molecule has 1 aromatic carbocycles. The average Bonchev–Trinajstić information content (AvgIpc) is 3.25. The summed E-state index contributed by atoms with van der Waals surface area (Å²) < 4.78 is 4.56. The molecule has 2 aliphatic rings. The van der Waals surface area contributed by atoms with E-state index >= 15 is 0 Å². The molecule has 0 radical (unpaired) electrons. The molecule has 6 nitrogen and oxygen atoms in total. The van der Waals surface area contributed by atoms with Crippen LogP contribution in [0.4, 0.5) is 5.13 Å². The molecule has 0 atom stereocenters. The maximum Gasteiger partial charge on any atom is 0.223 e. The number of aromatic nitrogens is 2. The number of carbonyl (C=O) groups excluding carboxylic acids is 1. The van der Waals surface area contributed by atoms with Crippen molar-refractivity contribution in [3.8, 4) is 0 Å². The Balaban J connectivity index is 1.20. The van der Waals surface area contributed by atoms with E-state index in [1.165, 1.54) is 55.0 Å². The summed E-state index contributed by atoms with van der Waals surface area (Å²) in [5, 5.41) is 4.18. The van der Waals surface area contributed by atoms with E-state index in [2.05, 4.69) is 45.8 Å². The fourth-order valence-electron chi connectivity index (χ4n) is 4.48. The van der Waals surface area contributed by atoms with E-state index in [1.54, 1.807) is 4.90 Å². The third-order valence-corrected chi connectivity index (χ3v) is 7.23. The van der Waals surface area contributed by atoms with Gasteiger partial charge in [0.15, 0.2) is 0 Å². The molecule has 2 aliphatic heterocycles. The van der Waals surface area contributed by atoms with Crippen molar-refractivity contribution in [3.63, 3.8) is 0 Å². The second-order valence-electron chi connectivity index (χ2n) is 8.77. The van der Waals surface area contributed by atoms with Crippen LogP contribution in [-0.4, -0.2) is 54.5 Å². The van der Waals surface area contributed by atoms with Gasteiger partial charge in [0.25, 0.3) is 0 Å². The first-order valence-corrected chi connectivity index (χ1v) is 12.2. The van der Waals surface area contributed by atoms with Gasteiger partial charge in [-0.25, -0.2) is 4.98 Å². The summed E-state index contributed by atoms with van der Waals surface area (Å²) in [6.45, 7) is 8.28. The Morgan fingerprint density at radius 2 is 1.90 bits per heavy atom. The Labute approximate surface area is 183 Å². The van der Waals surface area contributed by atoms with Crippen LogP contribution in [-0.2, 0) is 11.2 Å². The minimum atomic E-state index is 0.137. The van der Waals surface area contributed by atoms with Gasteiger partial charge in [-0.2, -0.15) is 4.37 Å². The maximum absolute atomic E-state index is 12.5. The number of rotatable bonds is 7. The molecule has 0 aliphatic carbocycles. The normalized spacial score (nSPS) is 18.5. The van der Waals surface area contributed by atoms with E-state index in [1.807, 2.05) is 0 Å². The van der Waals surface area contributed by atoms with E-state index in [0.29, 0.717) is 0 Å². The zero-order valence-corrected chi connectivity index (χ0v) is 18.8. The van der Waals surface area contributed by atoms with Gasteiger partial charge in [0.05, 0.1) is 26.2 Å². The Hall–Kier alpha value is -1.99. The van der Waals surface area contributed by atoms with Crippen molar-refractivity contribution in [3.05, 3.63) is 41.2 Å². The molecule has 1 aromatic heterocycles. The molecule has 4 rings (SSSR count). The van der Waals surface area contributed by atoms with Gasteiger partial charge in [-0.1, -0.05) is 29.8 Å². The molecular weight excluding hydrogens is 394 g/mol. The highest BCUT2D eigenvalue weighted by Gasteiger charge is 2.26. The monoisotopic (exact) mass is 428 g/mol. The highest BCUT2D eigenvalue weighted by atomic mass is 32.1. The van der Waals surface area contributed by atoms with Crippen LogP contribution in [0.5, 0.6) is 0 Å². The van der Waals surface area contributed by atoms with Crippen LogP contribution in [0, 0.1) is 12.8 Å². The molecule has 2 aromatic rings. The number of likely N-dealkylation sites (tertiary alicyclic amines) is 1. The third-order valence-electron chi connectivity index (χ3n) is 6.41. The van der Waals surface area contributed by atoms with Gasteiger partial charge in [0.1, 0.15) is 5.82 Å². The average molecular weight is 429 g/mol. The lowest BCUT2D eigenvalue weighted by atomic mass is 9.96. The van der Waals surface area contributed by atoms with E-state index < -0.39 is 0 Å². The molecule has 0 bridgehead atoms. The smallest absolute Gasteiger partial charge is 0.223 e. The lowest BCUT2D eigenvalue weighted by Gasteiger charge is -2.31. The van der Waals surface area contributed by atoms with Gasteiger partial charge in [0.2, 0.25) is 11.0 Å². The van der Waals surface area contributed by atoms with Crippen molar-refractivity contribution in [2.45, 2.75) is 45.4 Å². The Morgan fingerprint density at radius 1 is 1.17 bits per heavy atom. The van der Waals surface area contributed by atoms with Crippen molar-refractivity contribution in [1.82, 2.24) is 14.7 Å². The number of benzene rings is 1. The lowest BCUT2D eigenvalue weighted by molar-refractivity contribution is -0.903. The molecule has 0 unspecified atom stereocenters. The molecule has 162 valence electrons. The van der Waals surface area contributed by atoms with E-state index in [0.717, 1.165) is 56.4 Å². The molecule has 2 N–H and O–H groups in total. The van der Waals surface area contributed by atoms with Crippen molar-refractivity contribution in [2.75, 3.05) is 44.2 Å². The van der Waals surface area contributed by atoms with E-state index in [4.69, 9.17) is 4.98 Å². The summed E-state index contributed by atoms with van der Waals surface area (Å²) in [6.07, 6.45) is 6.61. The minimum Gasteiger partial charge on any atom is -0.350 e. The van der Waals surface area contributed by atoms with Crippen LogP contribution in [0.25, 0.3) is 0 Å². The number of aryl methyl sites for hydroxylation is 1. The molecule has 3 heterocycles. The van der Waals surface area contributed by atoms with Gasteiger partial charge in [0, 0.05) is 37.0 Å². The van der Waals surface area contributed by atoms with E-state index in [-0.39, 0.29) is 11.8 Å². The molecule has 2 fully saturated rings. The van der Waals surface area contributed by atoms with Gasteiger partial charge >= 0.3 is 0 Å². The summed E-state index contributed by atoms with van der Waals surface area (Å²) in [5.74, 6) is 1.26. The first kappa shape index (κ1) is 21.2. The number of anilines is 1. The number of piperidine rings is 2. The number of hydrogen-bond donors (Lipinski definition) is 2. The van der Waals surface area contributed by atoms with Gasteiger partial charge < -0.3 is 15.1 Å². The van der Waals surface area contributed by atoms with Crippen molar-refractivity contribution in [2.24, 2.45) is 5.92 Å². The van der Waals surface area contributed by atoms with E-state index in [9.17, 15) is 4.79 Å². The van der Waals surface area contributed by atoms with Gasteiger partial charge in [-0.15, -0.1) is 0 Å². The van der Waals surface area contributed by atoms with Crippen LogP contribution in [0.15, 0.2) is 24.3 Å². The second-order valence-corrected chi connectivity index (χ2v) is 9.50. The zero-order chi connectivity index (χ0) is 20.8. The summed E-state index contributed by atoms with van der Waals surface area (Å²) in [7, 11) is 0. The summed E-state index contributed by atoms with van der Waals surface area (Å²) >= 11 is 1.48. The first-order valence-electron chi connectivity index (χ1n) is 11.4. The van der Waals surface area contributed by atoms with Crippen LogP contribution in [0.2, 0.25) is 0 Å². The number of carbonyl (C=O) groups is 1. The number of hydrogen-bond acceptors (Lipinski definition) is 5. The van der Waals surface area contributed by atoms with Gasteiger partial charge in [-0.3, -0.25) is 4.79 Å². The number of nitrogens with zero attached hydrogens (tertiary/aromatic N) is 3. The quantitative estimate of drug-likeness (QED) is 0.706. The second kappa shape index (κ2) is 10.4. The lowest BCUT2D eigenvalue weighted by Crippen LogP contribution is -3.13. The molecule has 0 saturated carbocycles. The topological polar surface area (TPSA) is 62.6 Å². The van der Waals surface area contributed by atoms with Gasteiger partial charge in [-0.05, 0) is 44.6 Å². The highest BCUT2D eigenvalue weighted by Crippen LogP contribution is 2.25. The standard InChI is InChI=1S/C23H33N5OS/c1-18-5-7-19(8-6-18)17-21-25-23(30-26-21)28-14-9-20(10-15-28)22(29)24-11-16-27-12-3-2-4-13-27/h5-8,20H,2-4,9-17H2,1H3,(H,24,29)/p+1. The molecule has 2 saturated heterocycles. The Morgan fingerprint density at radius 3 is 2.63 bits per heavy atom. The predicted octanol–water partition coefficient (Wildman–Crippen LogP) is 1.84. The molecule has 0 spiro atoms. The number of quaternary nitrogens is 1. The summed E-state index contributed by atoms with van der Waals surface area (Å²) in [5.41, 5.74) is 2.51. The van der Waals surface area contributed by atoms with Crippen molar-refractivity contribution < 1.29 is 9.69 Å². The first-order chi connectivity index (χ1) is 14.7. The predicted molar refractivity (Wildman–Crippen MR) is 121 cm³/mol. The zero-order valence-electron chi connectivity index (χ0n) is 18.0.